The minimum Gasteiger partial charge on any atom is -0.464 e. The molecule has 0 saturated heterocycles. The number of thiophene rings is 1. The molecule has 0 N–H and O–H groups in total. The van der Waals surface area contributed by atoms with Crippen LogP contribution in [0, 0.1) is 6.92 Å². The van der Waals surface area contributed by atoms with Crippen molar-refractivity contribution >= 4 is 33.5 Å². The average molecular weight is 382 g/mol. The molecule has 0 aliphatic carbocycles. The summed E-state index contributed by atoms with van der Waals surface area (Å²) in [6.07, 6.45) is 2.00. The Morgan fingerprint density at radius 1 is 1.27 bits per heavy atom. The Morgan fingerprint density at radius 3 is 2.65 bits per heavy atom. The van der Waals surface area contributed by atoms with Gasteiger partial charge in [0.1, 0.15) is 22.4 Å². The lowest BCUT2D eigenvalue weighted by molar-refractivity contribution is -0.147. The van der Waals surface area contributed by atoms with Crippen molar-refractivity contribution in [3.05, 3.63) is 27.1 Å². The fourth-order valence-corrected chi connectivity index (χ4v) is 3.36. The second-order valence-corrected chi connectivity index (χ2v) is 6.66. The van der Waals surface area contributed by atoms with Crippen molar-refractivity contribution in [2.24, 2.45) is 0 Å². The molecular formula is C17H22N2O6S. The largest absolute Gasteiger partial charge is 0.464 e. The highest BCUT2D eigenvalue weighted by Gasteiger charge is 2.24. The number of methoxy groups -OCH3 is 1. The summed E-state index contributed by atoms with van der Waals surface area (Å²) >= 11 is 1.09. The van der Waals surface area contributed by atoms with Crippen molar-refractivity contribution in [3.63, 3.8) is 0 Å². The third kappa shape index (κ3) is 4.10. The monoisotopic (exact) mass is 382 g/mol. The summed E-state index contributed by atoms with van der Waals surface area (Å²) in [5.41, 5.74) is 0.106. The van der Waals surface area contributed by atoms with Gasteiger partial charge in [0.2, 0.25) is 0 Å². The highest BCUT2D eigenvalue weighted by Crippen LogP contribution is 2.27. The minimum absolute atomic E-state index is 0.126. The molecule has 142 valence electrons. The number of esters is 2. The standard InChI is InChI=1S/C17H22N2O6S/c1-5-6-24-16(21)11(3)19-9-18-14-12(15(19)20)10(2)13(26-14)17(22)25-8-7-23-4/h9,11H,5-8H2,1-4H3. The van der Waals surface area contributed by atoms with E-state index in [4.69, 9.17) is 14.2 Å². The predicted octanol–water partition coefficient (Wildman–Crippen LogP) is 2.08. The average Bonchev–Trinajstić information content (AvgIpc) is 2.97. The molecule has 1 unspecified atom stereocenters. The zero-order chi connectivity index (χ0) is 19.3. The Balaban J connectivity index is 2.36. The van der Waals surface area contributed by atoms with Crippen LogP contribution in [-0.4, -0.2) is 48.4 Å². The molecule has 0 amide bonds. The molecule has 8 nitrogen and oxygen atoms in total. The Hall–Kier alpha value is -2.26. The second-order valence-electron chi connectivity index (χ2n) is 5.67. The van der Waals surface area contributed by atoms with E-state index < -0.39 is 18.0 Å². The van der Waals surface area contributed by atoms with Crippen LogP contribution < -0.4 is 5.56 Å². The molecule has 1 atom stereocenters. The van der Waals surface area contributed by atoms with Crippen LogP contribution in [0.25, 0.3) is 10.2 Å². The van der Waals surface area contributed by atoms with Crippen LogP contribution in [0.15, 0.2) is 11.1 Å². The van der Waals surface area contributed by atoms with E-state index in [-0.39, 0.29) is 18.8 Å². The Kier molecular flexibility index (Phi) is 6.87. The molecule has 0 saturated carbocycles. The van der Waals surface area contributed by atoms with Gasteiger partial charge in [-0.3, -0.25) is 9.36 Å². The first-order valence-corrected chi connectivity index (χ1v) is 9.06. The number of nitrogens with zero attached hydrogens (tertiary/aromatic N) is 2. The molecule has 0 bridgehead atoms. The molecule has 2 aromatic heterocycles. The van der Waals surface area contributed by atoms with Crippen molar-refractivity contribution in [2.45, 2.75) is 33.2 Å². The van der Waals surface area contributed by atoms with Gasteiger partial charge >= 0.3 is 11.9 Å². The van der Waals surface area contributed by atoms with Gasteiger partial charge in [-0.25, -0.2) is 14.6 Å². The van der Waals surface area contributed by atoms with Crippen LogP contribution in [0.2, 0.25) is 0 Å². The summed E-state index contributed by atoms with van der Waals surface area (Å²) < 4.78 is 16.3. The van der Waals surface area contributed by atoms with E-state index >= 15 is 0 Å². The van der Waals surface area contributed by atoms with E-state index in [0.29, 0.717) is 33.7 Å². The van der Waals surface area contributed by atoms with Gasteiger partial charge in [0.05, 0.1) is 24.9 Å². The van der Waals surface area contributed by atoms with Gasteiger partial charge in [-0.05, 0) is 25.8 Å². The van der Waals surface area contributed by atoms with Crippen molar-refractivity contribution in [3.8, 4) is 0 Å². The predicted molar refractivity (Wildman–Crippen MR) is 96.7 cm³/mol. The third-order valence-electron chi connectivity index (χ3n) is 3.79. The maximum atomic E-state index is 12.8. The fraction of sp³-hybridized carbons (Fsp3) is 0.529. The maximum Gasteiger partial charge on any atom is 0.348 e. The van der Waals surface area contributed by atoms with Crippen LogP contribution in [0.5, 0.6) is 0 Å². The quantitative estimate of drug-likeness (QED) is 0.509. The molecule has 0 aromatic carbocycles. The second kappa shape index (κ2) is 8.91. The molecule has 26 heavy (non-hydrogen) atoms. The third-order valence-corrected chi connectivity index (χ3v) is 4.97. The smallest absolute Gasteiger partial charge is 0.348 e. The summed E-state index contributed by atoms with van der Waals surface area (Å²) in [7, 11) is 1.51. The van der Waals surface area contributed by atoms with E-state index in [0.717, 1.165) is 11.3 Å². The zero-order valence-corrected chi connectivity index (χ0v) is 16.1. The van der Waals surface area contributed by atoms with Crippen molar-refractivity contribution < 1.29 is 23.8 Å². The molecule has 2 aromatic rings. The maximum absolute atomic E-state index is 12.8. The number of rotatable bonds is 8. The number of aromatic nitrogens is 2. The van der Waals surface area contributed by atoms with E-state index in [1.807, 2.05) is 6.92 Å². The molecular weight excluding hydrogens is 360 g/mol. The van der Waals surface area contributed by atoms with E-state index in [1.165, 1.54) is 18.0 Å². The molecule has 0 aliphatic rings. The molecule has 9 heteroatoms. The Bertz CT molecular complexity index is 857. The van der Waals surface area contributed by atoms with Crippen LogP contribution in [0.4, 0.5) is 0 Å². The molecule has 0 radical (unpaired) electrons. The zero-order valence-electron chi connectivity index (χ0n) is 15.2. The molecule has 0 fully saturated rings. The van der Waals surface area contributed by atoms with Gasteiger partial charge < -0.3 is 14.2 Å². The van der Waals surface area contributed by atoms with Gasteiger partial charge in [-0.2, -0.15) is 0 Å². The summed E-state index contributed by atoms with van der Waals surface area (Å²) in [5, 5.41) is 0.311. The van der Waals surface area contributed by atoms with Crippen LogP contribution in [0.1, 0.15) is 41.5 Å². The lowest BCUT2D eigenvalue weighted by Gasteiger charge is -2.13. The van der Waals surface area contributed by atoms with Gasteiger partial charge in [0.25, 0.3) is 5.56 Å². The lowest BCUT2D eigenvalue weighted by Crippen LogP contribution is -2.29. The lowest BCUT2D eigenvalue weighted by atomic mass is 10.2. The first-order chi connectivity index (χ1) is 12.4. The number of ether oxygens (including phenoxy) is 3. The highest BCUT2D eigenvalue weighted by atomic mass is 32.1. The van der Waals surface area contributed by atoms with Crippen molar-refractivity contribution in [2.75, 3.05) is 26.9 Å². The molecule has 0 spiro atoms. The van der Waals surface area contributed by atoms with Crippen LogP contribution in [0.3, 0.4) is 0 Å². The number of fused-ring (bicyclic) bond motifs is 1. The van der Waals surface area contributed by atoms with Crippen LogP contribution in [-0.2, 0) is 19.0 Å². The SMILES string of the molecule is CCCOC(=O)C(C)n1cnc2sc(C(=O)OCCOC)c(C)c2c1=O. The van der Waals surface area contributed by atoms with Gasteiger partial charge in [0, 0.05) is 7.11 Å². The number of carbonyl (C=O) groups is 2. The topological polar surface area (TPSA) is 96.7 Å². The summed E-state index contributed by atoms with van der Waals surface area (Å²) in [5.74, 6) is -1.02. The van der Waals surface area contributed by atoms with Gasteiger partial charge in [0.15, 0.2) is 0 Å². The first-order valence-electron chi connectivity index (χ1n) is 8.25. The first kappa shape index (κ1) is 20.1. The van der Waals surface area contributed by atoms with Crippen molar-refractivity contribution in [1.82, 2.24) is 9.55 Å². The normalized spacial score (nSPS) is 12.2. The van der Waals surface area contributed by atoms with Crippen molar-refractivity contribution in [1.29, 1.82) is 0 Å². The van der Waals surface area contributed by atoms with Gasteiger partial charge in [-0.15, -0.1) is 11.3 Å². The summed E-state index contributed by atoms with van der Waals surface area (Å²) in [6, 6.07) is -0.803. The van der Waals surface area contributed by atoms with Gasteiger partial charge in [-0.1, -0.05) is 6.92 Å². The molecule has 2 heterocycles. The summed E-state index contributed by atoms with van der Waals surface area (Å²) in [6.45, 7) is 5.84. The Morgan fingerprint density at radius 2 is 2.00 bits per heavy atom. The number of hydrogen-bond acceptors (Lipinski definition) is 8. The summed E-state index contributed by atoms with van der Waals surface area (Å²) in [4.78, 5) is 42.0. The highest BCUT2D eigenvalue weighted by molar-refractivity contribution is 7.20. The minimum atomic E-state index is -0.803. The molecule has 2 rings (SSSR count). The molecule has 0 aliphatic heterocycles. The number of carbonyl (C=O) groups excluding carboxylic acids is 2. The van der Waals surface area contributed by atoms with E-state index in [9.17, 15) is 14.4 Å². The number of hydrogen-bond donors (Lipinski definition) is 0. The fourth-order valence-electron chi connectivity index (χ4n) is 2.33. The van der Waals surface area contributed by atoms with E-state index in [2.05, 4.69) is 4.98 Å². The van der Waals surface area contributed by atoms with E-state index in [1.54, 1.807) is 13.8 Å². The Labute approximate surface area is 154 Å². The van der Waals surface area contributed by atoms with Crippen LogP contribution >= 0.6 is 11.3 Å². The number of aryl methyl sites for hydroxylation is 1.